The number of aromatic nitrogens is 4. The van der Waals surface area contributed by atoms with Gasteiger partial charge in [-0.05, 0) is 36.3 Å². The first-order chi connectivity index (χ1) is 26.0. The van der Waals surface area contributed by atoms with E-state index in [0.29, 0.717) is 28.7 Å². The van der Waals surface area contributed by atoms with Gasteiger partial charge in [0.2, 0.25) is 0 Å². The van der Waals surface area contributed by atoms with Crippen LogP contribution in [0.2, 0.25) is 0 Å². The quantitative estimate of drug-likeness (QED) is 0.210. The summed E-state index contributed by atoms with van der Waals surface area (Å²) in [5.41, 5.74) is 2.05. The molecule has 0 aliphatic rings. The summed E-state index contributed by atoms with van der Waals surface area (Å²) in [4.78, 5) is 14.4. The van der Waals surface area contributed by atoms with Crippen LogP contribution in [0.4, 0.5) is 0 Å². The van der Waals surface area contributed by atoms with Crippen molar-refractivity contribution in [3.8, 4) is 39.9 Å². The molecule has 0 aliphatic heterocycles. The van der Waals surface area contributed by atoms with Crippen LogP contribution in [0.1, 0.15) is 13.7 Å². The lowest BCUT2D eigenvalue weighted by atomic mass is 10.1. The molecule has 9 rings (SSSR count). The monoisotopic (exact) mass is 574 g/mol. The molecule has 9 aromatic rings. The van der Waals surface area contributed by atoms with Crippen molar-refractivity contribution in [3.63, 3.8) is 0 Å². The third-order valence-electron chi connectivity index (χ3n) is 7.54. The van der Waals surface area contributed by atoms with Gasteiger partial charge in [0, 0.05) is 43.9 Å². The summed E-state index contributed by atoms with van der Waals surface area (Å²) in [6, 6.07) is 21.2. The van der Waals surface area contributed by atoms with Crippen molar-refractivity contribution >= 4 is 43.7 Å². The van der Waals surface area contributed by atoms with Gasteiger partial charge in [0.15, 0.2) is 17.5 Å². The zero-order valence-electron chi connectivity index (χ0n) is 32.8. The molecule has 3 aromatic heterocycles. The van der Waals surface area contributed by atoms with Gasteiger partial charge in [0.05, 0.1) is 24.7 Å². The van der Waals surface area contributed by atoms with Crippen LogP contribution >= 0.6 is 0 Å². The van der Waals surface area contributed by atoms with E-state index in [9.17, 15) is 1.37 Å². The second-order valence-electron chi connectivity index (χ2n) is 10.1. The van der Waals surface area contributed by atoms with Crippen molar-refractivity contribution in [1.29, 1.82) is 0 Å². The van der Waals surface area contributed by atoms with Crippen molar-refractivity contribution in [1.82, 2.24) is 19.5 Å². The zero-order chi connectivity index (χ0) is 37.7. The highest BCUT2D eigenvalue weighted by molar-refractivity contribution is 6.27. The molecule has 0 unspecified atom stereocenters. The third kappa shape index (κ3) is 3.83. The van der Waals surface area contributed by atoms with Gasteiger partial charge in [-0.25, -0.2) is 15.0 Å². The van der Waals surface area contributed by atoms with Gasteiger partial charge in [-0.2, -0.15) is 0 Å². The maximum Gasteiger partial charge on any atom is 0.164 e. The van der Waals surface area contributed by atoms with Gasteiger partial charge in [0.1, 0.15) is 11.2 Å². The first kappa shape index (κ1) is 16.5. The standard InChI is InChI=1S/C39H24N4O/c1-3-12-25(13-4-1)37-40-38(26-14-5-2-6-15-26)42-39(41-37)27-16-11-17-28(24-27)43-31-20-9-7-18-29(31)35-32(43)22-23-34-36(35)30-19-8-10-21-33(30)44-34/h1-24H/i7D,8D,9D,10D,18D,19D,20D,21D,22D,23D. The Bertz CT molecular complexity index is 3000. The van der Waals surface area contributed by atoms with Gasteiger partial charge < -0.3 is 8.98 Å². The molecule has 0 bridgehead atoms. The van der Waals surface area contributed by atoms with Crippen molar-refractivity contribution in [2.45, 2.75) is 0 Å². The van der Waals surface area contributed by atoms with E-state index >= 15 is 0 Å². The largest absolute Gasteiger partial charge is 0.456 e. The van der Waals surface area contributed by atoms with Crippen LogP contribution in [0.15, 0.2) is 150 Å². The minimum Gasteiger partial charge on any atom is -0.456 e. The van der Waals surface area contributed by atoms with E-state index in [0.717, 1.165) is 11.1 Å². The van der Waals surface area contributed by atoms with Crippen molar-refractivity contribution in [3.05, 3.63) is 145 Å². The van der Waals surface area contributed by atoms with E-state index in [1.807, 2.05) is 60.7 Å². The van der Waals surface area contributed by atoms with Gasteiger partial charge >= 0.3 is 0 Å². The number of nitrogens with zero attached hydrogens (tertiary/aromatic N) is 4. The lowest BCUT2D eigenvalue weighted by Gasteiger charge is -2.11. The van der Waals surface area contributed by atoms with Gasteiger partial charge in [-0.1, -0.05) is 109 Å². The number of para-hydroxylation sites is 2. The Morgan fingerprint density at radius 2 is 1.11 bits per heavy atom. The summed E-state index contributed by atoms with van der Waals surface area (Å²) in [7, 11) is 0. The fourth-order valence-corrected chi connectivity index (χ4v) is 5.60. The van der Waals surface area contributed by atoms with Gasteiger partial charge in [-0.15, -0.1) is 0 Å². The maximum atomic E-state index is 9.29. The maximum absolute atomic E-state index is 9.29. The summed E-state index contributed by atoms with van der Waals surface area (Å²) in [5.74, 6) is 1.18. The smallest absolute Gasteiger partial charge is 0.164 e. The van der Waals surface area contributed by atoms with E-state index in [1.165, 1.54) is 4.57 Å². The predicted molar refractivity (Wildman–Crippen MR) is 178 cm³/mol. The minimum absolute atomic E-state index is 0.00732. The lowest BCUT2D eigenvalue weighted by molar-refractivity contribution is 0.669. The highest BCUT2D eigenvalue weighted by atomic mass is 16.3. The number of furan rings is 1. The summed E-state index contributed by atoms with van der Waals surface area (Å²) < 4.78 is 95.2. The summed E-state index contributed by atoms with van der Waals surface area (Å²) in [6.07, 6.45) is 0. The van der Waals surface area contributed by atoms with Crippen molar-refractivity contribution in [2.24, 2.45) is 0 Å². The molecule has 206 valence electrons. The molecule has 0 atom stereocenters. The Morgan fingerprint density at radius 3 is 1.84 bits per heavy atom. The summed E-state index contributed by atoms with van der Waals surface area (Å²) in [6.45, 7) is 0. The van der Waals surface area contributed by atoms with Gasteiger partial charge in [0.25, 0.3) is 0 Å². The van der Waals surface area contributed by atoms with Crippen LogP contribution in [0.5, 0.6) is 0 Å². The Labute approximate surface area is 266 Å². The minimum atomic E-state index is -0.537. The van der Waals surface area contributed by atoms with Crippen LogP contribution in [-0.2, 0) is 0 Å². The van der Waals surface area contributed by atoms with Crippen LogP contribution in [0.25, 0.3) is 83.6 Å². The molecule has 0 amide bonds. The zero-order valence-corrected chi connectivity index (χ0v) is 22.8. The molecular weight excluding hydrogens is 540 g/mol. The van der Waals surface area contributed by atoms with E-state index in [1.54, 1.807) is 24.3 Å². The summed E-state index contributed by atoms with van der Waals surface area (Å²) >= 11 is 0. The molecule has 0 radical (unpaired) electrons. The number of hydrogen-bond donors (Lipinski definition) is 0. The average Bonchev–Trinajstić information content (AvgIpc) is 3.78. The first-order valence-corrected chi connectivity index (χ1v) is 13.8. The van der Waals surface area contributed by atoms with E-state index < -0.39 is 54.4 Å². The van der Waals surface area contributed by atoms with E-state index in [2.05, 4.69) is 0 Å². The predicted octanol–water partition coefficient (Wildman–Crippen LogP) is 9.87. The number of rotatable bonds is 4. The first-order valence-electron chi connectivity index (χ1n) is 18.8. The van der Waals surface area contributed by atoms with Crippen molar-refractivity contribution < 1.29 is 18.1 Å². The lowest BCUT2D eigenvalue weighted by Crippen LogP contribution is -2.01. The fourth-order valence-electron chi connectivity index (χ4n) is 5.60. The van der Waals surface area contributed by atoms with Crippen molar-refractivity contribution in [2.75, 3.05) is 0 Å². The highest BCUT2D eigenvalue weighted by Gasteiger charge is 2.19. The molecule has 44 heavy (non-hydrogen) atoms. The van der Waals surface area contributed by atoms with E-state index in [4.69, 9.17) is 31.7 Å². The normalized spacial score (nSPS) is 14.8. The average molecular weight is 575 g/mol. The van der Waals surface area contributed by atoms with E-state index in [-0.39, 0.29) is 49.8 Å². The third-order valence-corrected chi connectivity index (χ3v) is 7.54. The Balaban J connectivity index is 1.41. The topological polar surface area (TPSA) is 56.7 Å². The van der Waals surface area contributed by atoms with Crippen LogP contribution in [0.3, 0.4) is 0 Å². The second-order valence-corrected chi connectivity index (χ2v) is 10.1. The molecule has 0 fully saturated rings. The Kier molecular flexibility index (Phi) is 3.66. The summed E-state index contributed by atoms with van der Waals surface area (Å²) in [5, 5.41) is 0.102. The molecule has 5 nitrogen and oxygen atoms in total. The SMILES string of the molecule is [2H]c1c([2H])c([2H])c2c(oc3c([2H])c([2H])c4c(c5c([2H])c([2H])c([2H])c([2H])c5n4-c4cccc(-c5nc(-c6ccccc6)nc(-c6ccccc6)n5)c4)c32)c1[2H]. The van der Waals surface area contributed by atoms with Crippen LogP contribution in [0, 0.1) is 0 Å². The van der Waals surface area contributed by atoms with Crippen LogP contribution < -0.4 is 0 Å². The molecule has 0 spiro atoms. The highest BCUT2D eigenvalue weighted by Crippen LogP contribution is 2.41. The number of fused-ring (bicyclic) bond motifs is 7. The molecule has 3 heterocycles. The molecular formula is C39H24N4O. The molecule has 0 saturated carbocycles. The molecule has 6 aromatic carbocycles. The number of hydrogen-bond acceptors (Lipinski definition) is 4. The Morgan fingerprint density at radius 1 is 0.500 bits per heavy atom. The molecule has 0 N–H and O–H groups in total. The Hall–Kier alpha value is -6.07. The fraction of sp³-hybridized carbons (Fsp3) is 0. The second kappa shape index (κ2) is 9.75. The molecule has 0 saturated heterocycles. The molecule has 5 heteroatoms. The number of benzene rings is 6. The van der Waals surface area contributed by atoms with Gasteiger partial charge in [-0.3, -0.25) is 0 Å². The van der Waals surface area contributed by atoms with Crippen LogP contribution in [-0.4, -0.2) is 19.5 Å². The molecule has 0 aliphatic carbocycles.